The second kappa shape index (κ2) is 13.1. The molecule has 0 heterocycles. The largest absolute Gasteiger partial charge is 0.466 e. The molecule has 5 nitrogen and oxygen atoms in total. The Morgan fingerprint density at radius 2 is 1.79 bits per heavy atom. The molecule has 0 saturated carbocycles. The maximum Gasteiger partial charge on any atom is 0.416 e. The molecule has 0 aliphatic heterocycles. The Labute approximate surface area is 223 Å². The van der Waals surface area contributed by atoms with Gasteiger partial charge in [-0.25, -0.2) is 0 Å². The van der Waals surface area contributed by atoms with Gasteiger partial charge in [-0.2, -0.15) is 13.2 Å². The van der Waals surface area contributed by atoms with Crippen molar-refractivity contribution in [3.05, 3.63) is 70.3 Å². The van der Waals surface area contributed by atoms with Gasteiger partial charge in [0.1, 0.15) is 0 Å². The van der Waals surface area contributed by atoms with Crippen molar-refractivity contribution in [2.75, 3.05) is 19.8 Å². The van der Waals surface area contributed by atoms with E-state index in [1.54, 1.807) is 13.8 Å². The van der Waals surface area contributed by atoms with E-state index in [2.05, 4.69) is 43.4 Å². The molecule has 0 spiro atoms. The van der Waals surface area contributed by atoms with Crippen molar-refractivity contribution in [2.24, 2.45) is 5.92 Å². The molecule has 2 aromatic rings. The van der Waals surface area contributed by atoms with Gasteiger partial charge in [-0.05, 0) is 93.7 Å². The van der Waals surface area contributed by atoms with Gasteiger partial charge in [0.2, 0.25) is 0 Å². The molecule has 2 unspecified atom stereocenters. The first-order valence-electron chi connectivity index (χ1n) is 13.3. The first-order chi connectivity index (χ1) is 17.9. The van der Waals surface area contributed by atoms with Crippen molar-refractivity contribution in [2.45, 2.75) is 83.7 Å². The molecule has 0 radical (unpaired) electrons. The lowest BCUT2D eigenvalue weighted by Crippen LogP contribution is -2.45. The van der Waals surface area contributed by atoms with E-state index in [0.29, 0.717) is 23.6 Å². The molecule has 0 aromatic heterocycles. The van der Waals surface area contributed by atoms with Gasteiger partial charge in [0.25, 0.3) is 0 Å². The molecular weight excluding hydrogens is 495 g/mol. The van der Waals surface area contributed by atoms with Crippen molar-refractivity contribution >= 4 is 5.97 Å². The number of rotatable bonds is 13. The Hall–Kier alpha value is -2.42. The molecule has 0 bridgehead atoms. The number of fused-ring (bicyclic) bond motifs is 1. The maximum atomic E-state index is 13.4. The molecule has 0 saturated heterocycles. The van der Waals surface area contributed by atoms with Crippen LogP contribution >= 0.6 is 0 Å². The highest BCUT2D eigenvalue weighted by molar-refractivity contribution is 5.69. The summed E-state index contributed by atoms with van der Waals surface area (Å²) in [4.78, 5) is 11.8. The summed E-state index contributed by atoms with van der Waals surface area (Å²) in [5.74, 6) is 0.134. The quantitative estimate of drug-likeness (QED) is 0.317. The number of halogens is 3. The molecule has 2 aromatic carbocycles. The number of aliphatic hydroxyl groups excluding tert-OH is 1. The second-order valence-corrected chi connectivity index (χ2v) is 10.9. The fourth-order valence-corrected chi connectivity index (χ4v) is 5.23. The van der Waals surface area contributed by atoms with Gasteiger partial charge in [-0.15, -0.1) is 0 Å². The van der Waals surface area contributed by atoms with Crippen molar-refractivity contribution in [3.8, 4) is 0 Å². The van der Waals surface area contributed by atoms with Crippen molar-refractivity contribution in [3.63, 3.8) is 0 Å². The van der Waals surface area contributed by atoms with E-state index in [-0.39, 0.29) is 31.6 Å². The topological polar surface area (TPSA) is 67.8 Å². The van der Waals surface area contributed by atoms with Crippen LogP contribution in [0.3, 0.4) is 0 Å². The third kappa shape index (κ3) is 8.82. The second-order valence-electron chi connectivity index (χ2n) is 10.9. The van der Waals surface area contributed by atoms with Crippen LogP contribution in [-0.2, 0) is 39.7 Å². The number of ether oxygens (including phenoxy) is 2. The minimum Gasteiger partial charge on any atom is -0.466 e. The minimum atomic E-state index is -4.50. The van der Waals surface area contributed by atoms with Gasteiger partial charge >= 0.3 is 12.1 Å². The maximum absolute atomic E-state index is 13.4. The number of hydrogen-bond acceptors (Lipinski definition) is 5. The van der Waals surface area contributed by atoms with Crippen molar-refractivity contribution in [1.29, 1.82) is 0 Å². The lowest BCUT2D eigenvalue weighted by molar-refractivity contribution is -0.143. The third-order valence-corrected chi connectivity index (χ3v) is 7.10. The molecule has 2 N–H and O–H groups in total. The first kappa shape index (κ1) is 30.1. The van der Waals surface area contributed by atoms with E-state index >= 15 is 0 Å². The first-order valence-corrected chi connectivity index (χ1v) is 13.3. The summed E-state index contributed by atoms with van der Waals surface area (Å²) < 4.78 is 50.9. The number of carbonyl (C=O) groups is 1. The molecule has 0 fully saturated rings. The molecular formula is C30H40F3NO4. The predicted octanol–water partition coefficient (Wildman–Crippen LogP) is 5.81. The van der Waals surface area contributed by atoms with Gasteiger partial charge in [-0.1, -0.05) is 30.3 Å². The number of esters is 1. The van der Waals surface area contributed by atoms with E-state index in [1.807, 2.05) is 0 Å². The fraction of sp³-hybridized carbons (Fsp3) is 0.567. The van der Waals surface area contributed by atoms with Crippen LogP contribution in [0.4, 0.5) is 13.2 Å². The number of nitrogens with one attached hydrogen (secondary N) is 1. The Kier molecular flexibility index (Phi) is 10.4. The van der Waals surface area contributed by atoms with Crippen LogP contribution in [0, 0.1) is 5.92 Å². The van der Waals surface area contributed by atoms with E-state index in [4.69, 9.17) is 9.47 Å². The van der Waals surface area contributed by atoms with E-state index in [9.17, 15) is 23.1 Å². The van der Waals surface area contributed by atoms with Gasteiger partial charge < -0.3 is 19.9 Å². The molecule has 2 atom stereocenters. The average Bonchev–Trinajstić information content (AvgIpc) is 3.26. The number of hydrogen-bond donors (Lipinski definition) is 2. The summed E-state index contributed by atoms with van der Waals surface area (Å²) in [6.45, 7) is 8.10. The number of carbonyl (C=O) groups excluding carboxylic acids is 1. The highest BCUT2D eigenvalue weighted by Gasteiger charge is 2.32. The van der Waals surface area contributed by atoms with Gasteiger partial charge in [0.15, 0.2) is 0 Å². The zero-order chi connectivity index (χ0) is 27.9. The smallest absolute Gasteiger partial charge is 0.416 e. The Morgan fingerprint density at radius 3 is 2.39 bits per heavy atom. The van der Waals surface area contributed by atoms with Crippen LogP contribution in [0.25, 0.3) is 0 Å². The van der Waals surface area contributed by atoms with E-state index < -0.39 is 29.9 Å². The van der Waals surface area contributed by atoms with Gasteiger partial charge in [0, 0.05) is 18.5 Å². The highest BCUT2D eigenvalue weighted by atomic mass is 19.4. The minimum absolute atomic E-state index is 0.0350. The third-order valence-electron chi connectivity index (χ3n) is 7.10. The van der Waals surface area contributed by atoms with Crippen LogP contribution in [0.1, 0.15) is 74.5 Å². The van der Waals surface area contributed by atoms with E-state index in [1.165, 1.54) is 17.2 Å². The standard InChI is InChI=1S/C30H40F3NO4/c1-5-37-28(36)13-11-22-10-12-25(30(31,32)33)16-27(22)20(2)38-19-26(35)18-34-29(3,4)17-21-14-23-8-6-7-9-24(23)15-21/h6-10,12,16,20-21,26,34-35H,5,11,13-15,17-19H2,1-4H3. The summed E-state index contributed by atoms with van der Waals surface area (Å²) in [6.07, 6.45) is -2.65. The Balaban J connectivity index is 1.53. The van der Waals surface area contributed by atoms with Crippen LogP contribution in [0.15, 0.2) is 42.5 Å². The van der Waals surface area contributed by atoms with Crippen molar-refractivity contribution < 1.29 is 32.5 Å². The molecule has 1 aliphatic rings. The summed E-state index contributed by atoms with van der Waals surface area (Å²) >= 11 is 0. The summed E-state index contributed by atoms with van der Waals surface area (Å²) in [5.41, 5.74) is 2.79. The summed E-state index contributed by atoms with van der Waals surface area (Å²) in [6, 6.07) is 12.0. The molecule has 210 valence electrons. The Morgan fingerprint density at radius 1 is 1.13 bits per heavy atom. The van der Waals surface area contributed by atoms with Crippen LogP contribution in [0.2, 0.25) is 0 Å². The molecule has 0 amide bonds. The van der Waals surface area contributed by atoms with E-state index in [0.717, 1.165) is 31.4 Å². The zero-order valence-corrected chi connectivity index (χ0v) is 22.7. The van der Waals surface area contributed by atoms with Crippen LogP contribution in [-0.4, -0.2) is 42.5 Å². The van der Waals surface area contributed by atoms with Gasteiger partial charge in [0.05, 0.1) is 31.0 Å². The molecule has 8 heteroatoms. The highest BCUT2D eigenvalue weighted by Crippen LogP contribution is 2.34. The SMILES string of the molecule is CCOC(=O)CCc1ccc(C(F)(F)F)cc1C(C)OCC(O)CNC(C)(C)CC1Cc2ccccc2C1. The van der Waals surface area contributed by atoms with Crippen LogP contribution < -0.4 is 5.32 Å². The van der Waals surface area contributed by atoms with Gasteiger partial charge in [-0.3, -0.25) is 4.79 Å². The summed E-state index contributed by atoms with van der Waals surface area (Å²) in [7, 11) is 0. The normalized spacial score (nSPS) is 15.8. The lowest BCUT2D eigenvalue weighted by Gasteiger charge is -2.31. The summed E-state index contributed by atoms with van der Waals surface area (Å²) in [5, 5.41) is 14.0. The number of β-amino-alcohol motifs (C(OH)–C–C–N with tert-alkyl or cyclic N) is 1. The van der Waals surface area contributed by atoms with Crippen LogP contribution in [0.5, 0.6) is 0 Å². The lowest BCUT2D eigenvalue weighted by atomic mass is 9.88. The zero-order valence-electron chi connectivity index (χ0n) is 22.7. The predicted molar refractivity (Wildman–Crippen MR) is 141 cm³/mol. The molecule has 3 rings (SSSR count). The monoisotopic (exact) mass is 535 g/mol. The number of benzene rings is 2. The number of aryl methyl sites for hydroxylation is 1. The molecule has 1 aliphatic carbocycles. The fourth-order valence-electron chi connectivity index (χ4n) is 5.23. The average molecular weight is 536 g/mol. The molecule has 38 heavy (non-hydrogen) atoms. The number of aliphatic hydroxyl groups is 1. The van der Waals surface area contributed by atoms with Crippen molar-refractivity contribution in [1.82, 2.24) is 5.32 Å². The Bertz CT molecular complexity index is 1040. The number of alkyl halides is 3.